The lowest BCUT2D eigenvalue weighted by Gasteiger charge is -2.20. The molecular weight excluding hydrogens is 328 g/mol. The smallest absolute Gasteiger partial charge is 0.337 e. The van der Waals surface area contributed by atoms with Crippen molar-refractivity contribution in [2.75, 3.05) is 7.11 Å². The van der Waals surface area contributed by atoms with E-state index < -0.39 is 17.5 Å². The highest BCUT2D eigenvalue weighted by Crippen LogP contribution is 2.31. The molecule has 0 radical (unpaired) electrons. The van der Waals surface area contributed by atoms with Crippen molar-refractivity contribution in [3.8, 4) is 0 Å². The Bertz CT molecular complexity index is 785. The standard InChI is InChI=1S/C17H16N2O4S/c1-17(13-7-8-24-10-13)15(21)19(16(22)18-17)9-11-3-5-12(6-4-11)14(20)23-2/h3-8,10H,9H2,1-2H3,(H,18,22). The van der Waals surface area contributed by atoms with E-state index in [0.717, 1.165) is 11.1 Å². The molecule has 1 atom stereocenters. The molecule has 1 aromatic carbocycles. The van der Waals surface area contributed by atoms with Crippen molar-refractivity contribution in [2.45, 2.75) is 19.0 Å². The summed E-state index contributed by atoms with van der Waals surface area (Å²) in [4.78, 5) is 37.6. The van der Waals surface area contributed by atoms with Crippen molar-refractivity contribution >= 4 is 29.2 Å². The number of carbonyl (C=O) groups excluding carboxylic acids is 3. The SMILES string of the molecule is COC(=O)c1ccc(CN2C(=O)NC(C)(c3ccsc3)C2=O)cc1. The molecule has 6 nitrogen and oxygen atoms in total. The van der Waals surface area contributed by atoms with Crippen LogP contribution in [0.15, 0.2) is 41.1 Å². The number of nitrogens with one attached hydrogen (secondary N) is 1. The maximum atomic E-state index is 12.7. The van der Waals surface area contributed by atoms with Crippen LogP contribution in [0.2, 0.25) is 0 Å². The zero-order valence-electron chi connectivity index (χ0n) is 13.2. The van der Waals surface area contributed by atoms with E-state index in [9.17, 15) is 14.4 Å². The Morgan fingerprint density at radius 1 is 1.25 bits per heavy atom. The van der Waals surface area contributed by atoms with E-state index in [2.05, 4.69) is 10.1 Å². The zero-order chi connectivity index (χ0) is 17.3. The van der Waals surface area contributed by atoms with Gasteiger partial charge in [0.1, 0.15) is 5.54 Å². The molecule has 0 saturated carbocycles. The van der Waals surface area contributed by atoms with Crippen LogP contribution < -0.4 is 5.32 Å². The largest absolute Gasteiger partial charge is 0.465 e. The van der Waals surface area contributed by atoms with Crippen LogP contribution >= 0.6 is 11.3 Å². The topological polar surface area (TPSA) is 75.7 Å². The van der Waals surface area contributed by atoms with Gasteiger partial charge in [-0.3, -0.25) is 9.69 Å². The summed E-state index contributed by atoms with van der Waals surface area (Å²) in [5.74, 6) is -0.718. The third-order valence-corrected chi connectivity index (χ3v) is 4.77. The average molecular weight is 344 g/mol. The lowest BCUT2D eigenvalue weighted by atomic mass is 9.95. The van der Waals surface area contributed by atoms with Crippen molar-refractivity contribution in [2.24, 2.45) is 0 Å². The van der Waals surface area contributed by atoms with Crippen LogP contribution in [-0.4, -0.2) is 29.9 Å². The van der Waals surface area contributed by atoms with E-state index in [1.165, 1.54) is 23.3 Å². The first-order valence-corrected chi connectivity index (χ1v) is 8.24. The minimum atomic E-state index is -1.04. The Labute approximate surface area is 143 Å². The number of rotatable bonds is 4. The van der Waals surface area contributed by atoms with Crippen LogP contribution in [0.25, 0.3) is 0 Å². The zero-order valence-corrected chi connectivity index (χ0v) is 14.1. The quantitative estimate of drug-likeness (QED) is 0.683. The van der Waals surface area contributed by atoms with E-state index in [0.29, 0.717) is 5.56 Å². The molecule has 2 heterocycles. The van der Waals surface area contributed by atoms with Crippen LogP contribution in [0.3, 0.4) is 0 Å². The van der Waals surface area contributed by atoms with Crippen molar-refractivity contribution in [1.82, 2.24) is 10.2 Å². The number of imide groups is 1. The van der Waals surface area contributed by atoms with Gasteiger partial charge in [-0.05, 0) is 47.0 Å². The third-order valence-electron chi connectivity index (χ3n) is 4.09. The number of carbonyl (C=O) groups is 3. The number of hydrogen-bond donors (Lipinski definition) is 1. The fourth-order valence-corrected chi connectivity index (χ4v) is 3.40. The maximum Gasteiger partial charge on any atom is 0.337 e. The first-order valence-electron chi connectivity index (χ1n) is 7.30. The molecule has 1 aromatic heterocycles. The summed E-state index contributed by atoms with van der Waals surface area (Å²) in [6.45, 7) is 1.85. The summed E-state index contributed by atoms with van der Waals surface area (Å²) < 4.78 is 4.65. The van der Waals surface area contributed by atoms with Crippen LogP contribution in [0.1, 0.15) is 28.4 Å². The summed E-state index contributed by atoms with van der Waals surface area (Å²) in [7, 11) is 1.31. The molecule has 7 heteroatoms. The molecule has 1 aliphatic heterocycles. The fourth-order valence-electron chi connectivity index (χ4n) is 2.63. The summed E-state index contributed by atoms with van der Waals surface area (Å²) in [6.07, 6.45) is 0. The Kier molecular flexibility index (Phi) is 4.11. The number of benzene rings is 1. The van der Waals surface area contributed by atoms with Gasteiger partial charge in [0.15, 0.2) is 0 Å². The molecule has 24 heavy (non-hydrogen) atoms. The minimum absolute atomic E-state index is 0.145. The van der Waals surface area contributed by atoms with E-state index in [1.807, 2.05) is 16.8 Å². The second-order valence-electron chi connectivity index (χ2n) is 5.65. The van der Waals surface area contributed by atoms with Gasteiger partial charge in [-0.25, -0.2) is 9.59 Å². The van der Waals surface area contributed by atoms with Gasteiger partial charge < -0.3 is 10.1 Å². The highest BCUT2D eigenvalue weighted by Gasteiger charge is 2.49. The summed E-state index contributed by atoms with van der Waals surface area (Å²) in [6, 6.07) is 8.03. The van der Waals surface area contributed by atoms with Gasteiger partial charge >= 0.3 is 12.0 Å². The lowest BCUT2D eigenvalue weighted by Crippen LogP contribution is -2.40. The molecule has 0 aliphatic carbocycles. The van der Waals surface area contributed by atoms with Gasteiger partial charge in [-0.15, -0.1) is 0 Å². The minimum Gasteiger partial charge on any atom is -0.465 e. The molecule has 1 N–H and O–H groups in total. The van der Waals surface area contributed by atoms with E-state index >= 15 is 0 Å². The van der Waals surface area contributed by atoms with Gasteiger partial charge in [-0.1, -0.05) is 12.1 Å². The molecule has 1 fully saturated rings. The number of nitrogens with zero attached hydrogens (tertiary/aromatic N) is 1. The highest BCUT2D eigenvalue weighted by atomic mass is 32.1. The molecule has 3 amide bonds. The van der Waals surface area contributed by atoms with E-state index in [-0.39, 0.29) is 12.5 Å². The first kappa shape index (κ1) is 16.2. The number of urea groups is 1. The second kappa shape index (κ2) is 6.09. The summed E-state index contributed by atoms with van der Waals surface area (Å²) in [5.41, 5.74) is 0.903. The first-order chi connectivity index (χ1) is 11.5. The molecule has 0 spiro atoms. The van der Waals surface area contributed by atoms with Gasteiger partial charge in [0.2, 0.25) is 0 Å². The van der Waals surface area contributed by atoms with Crippen molar-refractivity contribution in [3.05, 3.63) is 57.8 Å². The second-order valence-corrected chi connectivity index (χ2v) is 6.43. The number of thiophene rings is 1. The highest BCUT2D eigenvalue weighted by molar-refractivity contribution is 7.08. The number of methoxy groups -OCH3 is 1. The summed E-state index contributed by atoms with van der Waals surface area (Å²) >= 11 is 1.47. The molecular formula is C17H16N2O4S. The Morgan fingerprint density at radius 3 is 2.54 bits per heavy atom. The van der Waals surface area contributed by atoms with E-state index in [1.54, 1.807) is 31.2 Å². The van der Waals surface area contributed by atoms with Gasteiger partial charge in [0.25, 0.3) is 5.91 Å². The lowest BCUT2D eigenvalue weighted by molar-refractivity contribution is -0.131. The predicted octanol–water partition coefficient (Wildman–Crippen LogP) is 2.50. The molecule has 1 aliphatic rings. The molecule has 3 rings (SSSR count). The van der Waals surface area contributed by atoms with Crippen molar-refractivity contribution in [3.63, 3.8) is 0 Å². The average Bonchev–Trinajstić information content (AvgIpc) is 3.19. The number of amides is 3. The van der Waals surface area contributed by atoms with Crippen LogP contribution in [0.5, 0.6) is 0 Å². The van der Waals surface area contributed by atoms with Crippen molar-refractivity contribution in [1.29, 1.82) is 0 Å². The van der Waals surface area contributed by atoms with Gasteiger partial charge in [0, 0.05) is 0 Å². The third kappa shape index (κ3) is 2.67. The Balaban J connectivity index is 1.79. The van der Waals surface area contributed by atoms with Crippen LogP contribution in [0, 0.1) is 0 Å². The van der Waals surface area contributed by atoms with Gasteiger partial charge in [0.05, 0.1) is 19.2 Å². The normalized spacial score (nSPS) is 20.2. The molecule has 1 unspecified atom stereocenters. The Morgan fingerprint density at radius 2 is 1.96 bits per heavy atom. The fraction of sp³-hybridized carbons (Fsp3) is 0.235. The Hall–Kier alpha value is -2.67. The van der Waals surface area contributed by atoms with Crippen LogP contribution in [0.4, 0.5) is 4.79 Å². The van der Waals surface area contributed by atoms with Gasteiger partial charge in [-0.2, -0.15) is 11.3 Å². The van der Waals surface area contributed by atoms with E-state index in [4.69, 9.17) is 0 Å². The molecule has 2 aromatic rings. The summed E-state index contributed by atoms with van der Waals surface area (Å²) in [5, 5.41) is 6.48. The maximum absolute atomic E-state index is 12.7. The number of hydrogen-bond acceptors (Lipinski definition) is 5. The van der Waals surface area contributed by atoms with Crippen LogP contribution in [-0.2, 0) is 21.6 Å². The number of esters is 1. The number of ether oxygens (including phenoxy) is 1. The molecule has 1 saturated heterocycles. The molecule has 0 bridgehead atoms. The van der Waals surface area contributed by atoms with Crippen molar-refractivity contribution < 1.29 is 19.1 Å². The monoisotopic (exact) mass is 344 g/mol. The predicted molar refractivity (Wildman–Crippen MR) is 88.5 cm³/mol. The molecule has 124 valence electrons.